The molecule has 2 N–H and O–H groups in total. The average Bonchev–Trinajstić information content (AvgIpc) is 2.84. The highest BCUT2D eigenvalue weighted by Crippen LogP contribution is 2.13. The maximum atomic E-state index is 11.8. The van der Waals surface area contributed by atoms with Gasteiger partial charge in [0.2, 0.25) is 5.91 Å². The van der Waals surface area contributed by atoms with Crippen LogP contribution in [0.1, 0.15) is 17.4 Å². The number of aryl methyl sites for hydroxylation is 1. The second-order valence-electron chi connectivity index (χ2n) is 4.99. The summed E-state index contributed by atoms with van der Waals surface area (Å²) in [6.07, 6.45) is -0.627. The Bertz CT molecular complexity index is 583. The van der Waals surface area contributed by atoms with E-state index >= 15 is 0 Å². The van der Waals surface area contributed by atoms with Crippen LogP contribution in [-0.4, -0.2) is 41.2 Å². The second-order valence-corrected chi connectivity index (χ2v) is 4.99. The number of aromatic nitrogens is 1. The van der Waals surface area contributed by atoms with Crippen LogP contribution in [0.4, 0.5) is 5.82 Å². The minimum Gasteiger partial charge on any atom is -0.387 e. The van der Waals surface area contributed by atoms with Crippen molar-refractivity contribution < 1.29 is 14.4 Å². The fourth-order valence-electron chi connectivity index (χ4n) is 1.99. The van der Waals surface area contributed by atoms with Gasteiger partial charge in [-0.2, -0.15) is 0 Å². The number of carbonyl (C=O) groups excluding carboxylic acids is 1. The Kier molecular flexibility index (Phi) is 5.08. The smallest absolute Gasteiger partial charge is 0.239 e. The van der Waals surface area contributed by atoms with E-state index in [1.54, 1.807) is 24.9 Å². The van der Waals surface area contributed by atoms with Crippen LogP contribution in [0.2, 0.25) is 0 Å². The molecule has 21 heavy (non-hydrogen) atoms. The summed E-state index contributed by atoms with van der Waals surface area (Å²) in [5.41, 5.74) is 0.830. The first-order chi connectivity index (χ1) is 10.0. The molecule has 1 amide bonds. The van der Waals surface area contributed by atoms with E-state index < -0.39 is 6.10 Å². The van der Waals surface area contributed by atoms with Crippen LogP contribution >= 0.6 is 0 Å². The first-order valence-electron chi connectivity index (χ1n) is 6.69. The lowest BCUT2D eigenvalue weighted by Gasteiger charge is -2.20. The molecule has 0 saturated carbocycles. The standard InChI is InChI=1S/C15H19N3O3/c1-11-8-14(17-21-11)16-15(20)10-18(2)9-13(19)12-6-4-3-5-7-12/h3-8,13,19H,9-10H2,1-2H3,(H,16,17,20). The van der Waals surface area contributed by atoms with Gasteiger partial charge in [-0.15, -0.1) is 0 Å². The molecule has 0 aliphatic heterocycles. The average molecular weight is 289 g/mol. The van der Waals surface area contributed by atoms with Gasteiger partial charge < -0.3 is 14.9 Å². The highest BCUT2D eigenvalue weighted by molar-refractivity contribution is 5.91. The number of amides is 1. The van der Waals surface area contributed by atoms with E-state index in [0.29, 0.717) is 18.1 Å². The molecular weight excluding hydrogens is 270 g/mol. The summed E-state index contributed by atoms with van der Waals surface area (Å²) < 4.78 is 4.87. The van der Waals surface area contributed by atoms with Gasteiger partial charge in [-0.3, -0.25) is 9.69 Å². The second kappa shape index (κ2) is 7.01. The minimum atomic E-state index is -0.627. The quantitative estimate of drug-likeness (QED) is 0.844. The molecule has 0 saturated heterocycles. The van der Waals surface area contributed by atoms with E-state index in [-0.39, 0.29) is 12.5 Å². The van der Waals surface area contributed by atoms with Crippen LogP contribution in [0.3, 0.4) is 0 Å². The summed E-state index contributed by atoms with van der Waals surface area (Å²) in [7, 11) is 1.78. The van der Waals surface area contributed by atoms with Crippen molar-refractivity contribution in [3.05, 3.63) is 47.7 Å². The highest BCUT2D eigenvalue weighted by Gasteiger charge is 2.14. The van der Waals surface area contributed by atoms with Gasteiger partial charge in [0.05, 0.1) is 12.6 Å². The van der Waals surface area contributed by atoms with Gasteiger partial charge in [0.15, 0.2) is 5.82 Å². The number of nitrogens with one attached hydrogen (secondary N) is 1. The number of likely N-dealkylation sites (N-methyl/N-ethyl adjacent to an activating group) is 1. The molecule has 0 aliphatic rings. The Morgan fingerprint density at radius 2 is 2.14 bits per heavy atom. The summed E-state index contributed by atoms with van der Waals surface area (Å²) in [4.78, 5) is 13.6. The zero-order chi connectivity index (χ0) is 15.2. The van der Waals surface area contributed by atoms with Crippen LogP contribution < -0.4 is 5.32 Å². The lowest BCUT2D eigenvalue weighted by molar-refractivity contribution is -0.117. The Balaban J connectivity index is 1.81. The van der Waals surface area contributed by atoms with Crippen molar-refractivity contribution in [1.82, 2.24) is 10.1 Å². The van der Waals surface area contributed by atoms with Gasteiger partial charge >= 0.3 is 0 Å². The van der Waals surface area contributed by atoms with E-state index in [4.69, 9.17) is 4.52 Å². The zero-order valence-electron chi connectivity index (χ0n) is 12.1. The highest BCUT2D eigenvalue weighted by atomic mass is 16.5. The lowest BCUT2D eigenvalue weighted by Crippen LogP contribution is -2.33. The van der Waals surface area contributed by atoms with E-state index in [2.05, 4.69) is 10.5 Å². The largest absolute Gasteiger partial charge is 0.387 e. The predicted molar refractivity (Wildman–Crippen MR) is 78.8 cm³/mol. The summed E-state index contributed by atoms with van der Waals surface area (Å²) in [6.45, 7) is 2.29. The molecule has 0 aliphatic carbocycles. The number of aliphatic hydroxyl groups excluding tert-OH is 1. The molecule has 1 aromatic carbocycles. The van der Waals surface area contributed by atoms with Crippen molar-refractivity contribution in [3.63, 3.8) is 0 Å². The zero-order valence-corrected chi connectivity index (χ0v) is 12.1. The van der Waals surface area contributed by atoms with Crippen LogP contribution in [0.5, 0.6) is 0 Å². The van der Waals surface area contributed by atoms with Gasteiger partial charge in [0.1, 0.15) is 5.76 Å². The summed E-state index contributed by atoms with van der Waals surface area (Å²) in [5, 5.41) is 16.4. The Hall–Kier alpha value is -2.18. The third kappa shape index (κ3) is 4.70. The molecule has 1 heterocycles. The molecule has 1 unspecified atom stereocenters. The van der Waals surface area contributed by atoms with Gasteiger partial charge in [0, 0.05) is 12.6 Å². The fraction of sp³-hybridized carbons (Fsp3) is 0.333. The Labute approximate surface area is 123 Å². The van der Waals surface area contributed by atoms with E-state index in [0.717, 1.165) is 5.56 Å². The first kappa shape index (κ1) is 15.2. The molecular formula is C15H19N3O3. The van der Waals surface area contributed by atoms with Crippen LogP contribution in [0.25, 0.3) is 0 Å². The third-order valence-corrected chi connectivity index (χ3v) is 2.98. The third-order valence-electron chi connectivity index (χ3n) is 2.98. The normalized spacial score (nSPS) is 12.4. The van der Waals surface area contributed by atoms with Crippen molar-refractivity contribution >= 4 is 11.7 Å². The lowest BCUT2D eigenvalue weighted by atomic mass is 10.1. The van der Waals surface area contributed by atoms with Crippen LogP contribution in [0, 0.1) is 6.92 Å². The van der Waals surface area contributed by atoms with Crippen LogP contribution in [-0.2, 0) is 4.79 Å². The summed E-state index contributed by atoms with van der Waals surface area (Å²) >= 11 is 0. The molecule has 1 aromatic heterocycles. The number of carbonyl (C=O) groups is 1. The molecule has 6 nitrogen and oxygen atoms in total. The van der Waals surface area contributed by atoms with Crippen molar-refractivity contribution in [2.24, 2.45) is 0 Å². The van der Waals surface area contributed by atoms with Gasteiger partial charge in [-0.1, -0.05) is 35.5 Å². The molecule has 0 fully saturated rings. The summed E-state index contributed by atoms with van der Waals surface area (Å²) in [6, 6.07) is 11.0. The number of hydrogen-bond donors (Lipinski definition) is 2. The van der Waals surface area contributed by atoms with Gasteiger partial charge in [-0.25, -0.2) is 0 Å². The topological polar surface area (TPSA) is 78.6 Å². The van der Waals surface area contributed by atoms with Crippen molar-refractivity contribution in [2.45, 2.75) is 13.0 Å². The molecule has 2 aromatic rings. The Morgan fingerprint density at radius 1 is 1.43 bits per heavy atom. The molecule has 112 valence electrons. The van der Waals surface area contributed by atoms with Crippen molar-refractivity contribution in [1.29, 1.82) is 0 Å². The van der Waals surface area contributed by atoms with Crippen molar-refractivity contribution in [2.75, 3.05) is 25.5 Å². The fourth-order valence-corrected chi connectivity index (χ4v) is 1.99. The van der Waals surface area contributed by atoms with Gasteiger partial charge in [-0.05, 0) is 19.5 Å². The summed E-state index contributed by atoms with van der Waals surface area (Å²) in [5.74, 6) is 0.832. The number of aliphatic hydroxyl groups is 1. The predicted octanol–water partition coefficient (Wildman–Crippen LogP) is 1.59. The molecule has 0 radical (unpaired) electrons. The molecule has 1 atom stereocenters. The maximum absolute atomic E-state index is 11.8. The number of hydrogen-bond acceptors (Lipinski definition) is 5. The van der Waals surface area contributed by atoms with Crippen LogP contribution in [0.15, 0.2) is 40.9 Å². The molecule has 2 rings (SSSR count). The number of nitrogens with zero attached hydrogens (tertiary/aromatic N) is 2. The maximum Gasteiger partial charge on any atom is 0.239 e. The minimum absolute atomic E-state index is 0.163. The first-order valence-corrected chi connectivity index (χ1v) is 6.69. The Morgan fingerprint density at radius 3 is 2.76 bits per heavy atom. The van der Waals surface area contributed by atoms with Crippen molar-refractivity contribution in [3.8, 4) is 0 Å². The monoisotopic (exact) mass is 289 g/mol. The SMILES string of the molecule is Cc1cc(NC(=O)CN(C)CC(O)c2ccccc2)no1. The number of benzene rings is 1. The van der Waals surface area contributed by atoms with E-state index in [1.807, 2.05) is 30.3 Å². The number of rotatable bonds is 6. The number of anilines is 1. The molecule has 0 spiro atoms. The molecule has 6 heteroatoms. The van der Waals surface area contributed by atoms with Gasteiger partial charge in [0.25, 0.3) is 0 Å². The van der Waals surface area contributed by atoms with E-state index in [1.165, 1.54) is 0 Å². The van der Waals surface area contributed by atoms with E-state index in [9.17, 15) is 9.90 Å². The molecule has 0 bridgehead atoms.